The van der Waals surface area contributed by atoms with Gasteiger partial charge in [0.25, 0.3) is 0 Å². The zero-order valence-corrected chi connectivity index (χ0v) is 12.4. The molecule has 0 N–H and O–H groups in total. The summed E-state index contributed by atoms with van der Waals surface area (Å²) in [5, 5.41) is 5.90. The SMILES string of the molecule is Cc1cc(C)c2c(C)nn(C(C)c3ccccc3)c2n1. The molecule has 2 heterocycles. The lowest BCUT2D eigenvalue weighted by molar-refractivity contribution is 0.574. The summed E-state index contributed by atoms with van der Waals surface area (Å²) in [5.74, 6) is 0. The third-order valence-corrected chi connectivity index (χ3v) is 3.81. The van der Waals surface area contributed by atoms with Crippen LogP contribution in [-0.4, -0.2) is 14.8 Å². The maximum atomic E-state index is 4.72. The van der Waals surface area contributed by atoms with Crippen LogP contribution in [-0.2, 0) is 0 Å². The monoisotopic (exact) mass is 265 g/mol. The Bertz CT molecular complexity index is 757. The molecule has 0 radical (unpaired) electrons. The number of nitrogens with zero attached hydrogens (tertiary/aromatic N) is 3. The van der Waals surface area contributed by atoms with Crippen molar-refractivity contribution in [2.45, 2.75) is 33.7 Å². The second-order valence-corrected chi connectivity index (χ2v) is 5.40. The van der Waals surface area contributed by atoms with Gasteiger partial charge >= 0.3 is 0 Å². The van der Waals surface area contributed by atoms with Gasteiger partial charge in [-0.1, -0.05) is 30.3 Å². The van der Waals surface area contributed by atoms with Crippen molar-refractivity contribution in [1.82, 2.24) is 14.8 Å². The predicted molar refractivity (Wildman–Crippen MR) is 82.0 cm³/mol. The number of hydrogen-bond acceptors (Lipinski definition) is 2. The molecule has 3 nitrogen and oxygen atoms in total. The van der Waals surface area contributed by atoms with Crippen LogP contribution in [0.15, 0.2) is 36.4 Å². The number of benzene rings is 1. The van der Waals surface area contributed by atoms with E-state index in [9.17, 15) is 0 Å². The molecule has 0 saturated carbocycles. The maximum Gasteiger partial charge on any atom is 0.159 e. The van der Waals surface area contributed by atoms with Gasteiger partial charge in [-0.25, -0.2) is 9.67 Å². The number of pyridine rings is 1. The van der Waals surface area contributed by atoms with Crippen molar-refractivity contribution in [1.29, 1.82) is 0 Å². The van der Waals surface area contributed by atoms with Gasteiger partial charge in [-0.15, -0.1) is 0 Å². The molecule has 2 aromatic heterocycles. The van der Waals surface area contributed by atoms with Crippen molar-refractivity contribution < 1.29 is 0 Å². The average Bonchev–Trinajstić information content (AvgIpc) is 2.76. The Labute approximate surface area is 119 Å². The largest absolute Gasteiger partial charge is 0.240 e. The number of aromatic nitrogens is 3. The normalized spacial score (nSPS) is 12.8. The Kier molecular flexibility index (Phi) is 3.05. The summed E-state index contributed by atoms with van der Waals surface area (Å²) < 4.78 is 2.04. The van der Waals surface area contributed by atoms with E-state index >= 15 is 0 Å². The third-order valence-electron chi connectivity index (χ3n) is 3.81. The fraction of sp³-hybridized carbons (Fsp3) is 0.294. The van der Waals surface area contributed by atoms with Crippen molar-refractivity contribution >= 4 is 11.0 Å². The van der Waals surface area contributed by atoms with E-state index in [0.29, 0.717) is 0 Å². The highest BCUT2D eigenvalue weighted by atomic mass is 15.3. The zero-order chi connectivity index (χ0) is 14.3. The molecule has 0 aliphatic carbocycles. The van der Waals surface area contributed by atoms with Gasteiger partial charge in [0.2, 0.25) is 0 Å². The van der Waals surface area contributed by atoms with E-state index in [0.717, 1.165) is 17.0 Å². The summed E-state index contributed by atoms with van der Waals surface area (Å²) in [4.78, 5) is 4.70. The molecule has 20 heavy (non-hydrogen) atoms. The van der Waals surface area contributed by atoms with E-state index < -0.39 is 0 Å². The van der Waals surface area contributed by atoms with Crippen molar-refractivity contribution in [3.05, 3.63) is 58.9 Å². The lowest BCUT2D eigenvalue weighted by Crippen LogP contribution is -2.09. The summed E-state index contributed by atoms with van der Waals surface area (Å²) in [6, 6.07) is 12.7. The van der Waals surface area contributed by atoms with E-state index in [-0.39, 0.29) is 6.04 Å². The van der Waals surface area contributed by atoms with E-state index in [1.807, 2.05) is 17.7 Å². The molecule has 1 unspecified atom stereocenters. The molecule has 1 atom stereocenters. The quantitative estimate of drug-likeness (QED) is 0.702. The molecule has 3 rings (SSSR count). The van der Waals surface area contributed by atoms with Crippen molar-refractivity contribution in [2.24, 2.45) is 0 Å². The highest BCUT2D eigenvalue weighted by Gasteiger charge is 2.17. The van der Waals surface area contributed by atoms with Crippen LogP contribution in [0.4, 0.5) is 0 Å². The van der Waals surface area contributed by atoms with Gasteiger partial charge in [0.05, 0.1) is 11.7 Å². The fourth-order valence-electron chi connectivity index (χ4n) is 2.83. The lowest BCUT2D eigenvalue weighted by atomic mass is 10.1. The molecule has 0 spiro atoms. The summed E-state index contributed by atoms with van der Waals surface area (Å²) in [7, 11) is 0. The van der Waals surface area contributed by atoms with Crippen LogP contribution in [0, 0.1) is 20.8 Å². The van der Waals surface area contributed by atoms with E-state index in [4.69, 9.17) is 10.1 Å². The van der Waals surface area contributed by atoms with E-state index in [1.54, 1.807) is 0 Å². The van der Waals surface area contributed by atoms with Crippen LogP contribution in [0.25, 0.3) is 11.0 Å². The topological polar surface area (TPSA) is 30.7 Å². The summed E-state index contributed by atoms with van der Waals surface area (Å²) in [6.07, 6.45) is 0. The van der Waals surface area contributed by atoms with Crippen molar-refractivity contribution in [2.75, 3.05) is 0 Å². The standard InChI is InChI=1S/C17H19N3/c1-11-10-12(2)18-17-16(11)13(3)19-20(17)14(4)15-8-6-5-7-9-15/h5-10,14H,1-4H3. The first kappa shape index (κ1) is 12.9. The average molecular weight is 265 g/mol. The number of fused-ring (bicyclic) bond motifs is 1. The molecule has 1 aromatic carbocycles. The summed E-state index contributed by atoms with van der Waals surface area (Å²) in [6.45, 7) is 8.39. The number of hydrogen-bond donors (Lipinski definition) is 0. The van der Waals surface area contributed by atoms with Gasteiger partial charge in [-0.3, -0.25) is 0 Å². The molecular weight excluding hydrogens is 246 g/mol. The van der Waals surface area contributed by atoms with Crippen LogP contribution in [0.1, 0.15) is 35.5 Å². The van der Waals surface area contributed by atoms with Crippen LogP contribution in [0.5, 0.6) is 0 Å². The van der Waals surface area contributed by atoms with E-state index in [1.165, 1.54) is 16.5 Å². The Morgan fingerprint density at radius 2 is 1.75 bits per heavy atom. The minimum Gasteiger partial charge on any atom is -0.240 e. The third kappa shape index (κ3) is 1.99. The zero-order valence-electron chi connectivity index (χ0n) is 12.4. The van der Waals surface area contributed by atoms with Gasteiger partial charge in [0.15, 0.2) is 5.65 Å². The molecule has 0 aliphatic heterocycles. The predicted octanol–water partition coefficient (Wildman–Crippen LogP) is 3.97. The highest BCUT2D eigenvalue weighted by molar-refractivity contribution is 5.82. The first-order chi connectivity index (χ1) is 9.58. The van der Waals surface area contributed by atoms with Crippen LogP contribution in [0.3, 0.4) is 0 Å². The second-order valence-electron chi connectivity index (χ2n) is 5.40. The minimum absolute atomic E-state index is 0.182. The molecule has 0 fully saturated rings. The Hall–Kier alpha value is -2.16. The van der Waals surface area contributed by atoms with Crippen molar-refractivity contribution in [3.63, 3.8) is 0 Å². The highest BCUT2D eigenvalue weighted by Crippen LogP contribution is 2.26. The smallest absolute Gasteiger partial charge is 0.159 e. The van der Waals surface area contributed by atoms with Gasteiger partial charge in [-0.2, -0.15) is 5.10 Å². The van der Waals surface area contributed by atoms with Crippen LogP contribution < -0.4 is 0 Å². The van der Waals surface area contributed by atoms with Crippen molar-refractivity contribution in [3.8, 4) is 0 Å². The van der Waals surface area contributed by atoms with Crippen LogP contribution >= 0.6 is 0 Å². The first-order valence-electron chi connectivity index (χ1n) is 6.96. The Morgan fingerprint density at radius 3 is 2.45 bits per heavy atom. The Balaban J connectivity index is 2.22. The molecular formula is C17H19N3. The molecule has 102 valence electrons. The summed E-state index contributed by atoms with van der Waals surface area (Å²) >= 11 is 0. The van der Waals surface area contributed by atoms with Gasteiger partial charge in [-0.05, 0) is 44.9 Å². The molecule has 3 heteroatoms. The molecule has 0 amide bonds. The van der Waals surface area contributed by atoms with Crippen LogP contribution in [0.2, 0.25) is 0 Å². The number of aryl methyl sites for hydroxylation is 3. The fourth-order valence-corrected chi connectivity index (χ4v) is 2.83. The van der Waals surface area contributed by atoms with Gasteiger partial charge in [0, 0.05) is 11.1 Å². The van der Waals surface area contributed by atoms with Gasteiger partial charge in [0.1, 0.15) is 0 Å². The maximum absolute atomic E-state index is 4.72. The molecule has 3 aromatic rings. The Morgan fingerprint density at radius 1 is 1.05 bits per heavy atom. The minimum atomic E-state index is 0.182. The lowest BCUT2D eigenvalue weighted by Gasteiger charge is -2.13. The van der Waals surface area contributed by atoms with Gasteiger partial charge < -0.3 is 0 Å². The van der Waals surface area contributed by atoms with E-state index in [2.05, 4.69) is 51.1 Å². The molecule has 0 bridgehead atoms. The molecule has 0 saturated heterocycles. The first-order valence-corrected chi connectivity index (χ1v) is 6.96. The second kappa shape index (κ2) is 4.75. The molecule has 0 aliphatic rings. The summed E-state index contributed by atoms with van der Waals surface area (Å²) in [5.41, 5.74) is 5.56. The number of rotatable bonds is 2.